The van der Waals surface area contributed by atoms with Crippen molar-refractivity contribution in [2.45, 2.75) is 79.1 Å². The van der Waals surface area contributed by atoms with Crippen LogP contribution in [-0.2, 0) is 9.59 Å². The van der Waals surface area contributed by atoms with Gasteiger partial charge in [-0.25, -0.2) is 0 Å². The average Bonchev–Trinajstić information content (AvgIpc) is 3.93. The topological polar surface area (TPSA) is 40.6 Å². The maximum atomic E-state index is 14.8. The number of terminal acetylenes is 2. The molecule has 0 N–H and O–H groups in total. The van der Waals surface area contributed by atoms with Gasteiger partial charge in [0.15, 0.2) is 0 Å². The van der Waals surface area contributed by atoms with E-state index in [4.69, 9.17) is 12.8 Å². The molecule has 4 nitrogen and oxygen atoms in total. The molecule has 2 aliphatic rings. The summed E-state index contributed by atoms with van der Waals surface area (Å²) < 4.78 is 0. The Morgan fingerprint density at radius 1 is 0.620 bits per heavy atom. The van der Waals surface area contributed by atoms with Crippen LogP contribution in [0.2, 0.25) is 0 Å². The highest BCUT2D eigenvalue weighted by Crippen LogP contribution is 2.49. The average molecular weight is 699 g/mol. The predicted molar refractivity (Wildman–Crippen MR) is 214 cm³/mol. The summed E-state index contributed by atoms with van der Waals surface area (Å²) in [4.78, 5) is 37.4. The molecule has 0 aliphatic carbocycles. The number of amides is 2. The van der Waals surface area contributed by atoms with Crippen molar-refractivity contribution in [3.63, 3.8) is 0 Å². The molecule has 2 amide bonds. The maximum absolute atomic E-state index is 14.8. The van der Waals surface area contributed by atoms with Gasteiger partial charge in [0.1, 0.15) is 0 Å². The van der Waals surface area contributed by atoms with Gasteiger partial charge < -0.3 is 9.80 Å². The minimum atomic E-state index is -0.0854. The van der Waals surface area contributed by atoms with Gasteiger partial charge >= 0.3 is 0 Å². The van der Waals surface area contributed by atoms with E-state index in [0.717, 1.165) is 105 Å². The Morgan fingerprint density at radius 3 is 1.38 bits per heavy atom. The summed E-state index contributed by atoms with van der Waals surface area (Å²) >= 11 is 3.15. The van der Waals surface area contributed by atoms with E-state index < -0.39 is 0 Å². The molecule has 2 aliphatic heterocycles. The fourth-order valence-corrected chi connectivity index (χ4v) is 8.92. The first kappa shape index (κ1) is 35.5. The van der Waals surface area contributed by atoms with Crippen molar-refractivity contribution < 1.29 is 9.59 Å². The third-order valence-electron chi connectivity index (χ3n) is 10.3. The Kier molecular flexibility index (Phi) is 11.1. The Hall–Kier alpha value is -4.36. The SMILES string of the molecule is C#Cc1ccc(-c2ccc3c(c2)N(CC(CC)CCCC)C(=O)/C3=C2\C(=O)N(CC(CC)CCCC)c3cc(-c4ccc(C#C)s4)ccc32)s1. The van der Waals surface area contributed by atoms with Gasteiger partial charge in [-0.05, 0) is 72.2 Å². The second kappa shape index (κ2) is 15.7. The minimum absolute atomic E-state index is 0.0854. The number of nitrogens with zero attached hydrogens (tertiary/aromatic N) is 2. The van der Waals surface area contributed by atoms with Crippen LogP contribution in [0, 0.1) is 36.5 Å². The van der Waals surface area contributed by atoms with Crippen LogP contribution in [0.25, 0.3) is 32.0 Å². The van der Waals surface area contributed by atoms with Gasteiger partial charge in [-0.15, -0.1) is 35.5 Å². The van der Waals surface area contributed by atoms with Crippen molar-refractivity contribution in [1.82, 2.24) is 0 Å². The maximum Gasteiger partial charge on any atom is 0.259 e. The molecule has 2 aromatic heterocycles. The summed E-state index contributed by atoms with van der Waals surface area (Å²) in [6.45, 7) is 10.1. The van der Waals surface area contributed by atoms with Crippen LogP contribution in [0.3, 0.4) is 0 Å². The predicted octanol–water partition coefficient (Wildman–Crippen LogP) is 11.1. The molecule has 6 heteroatoms. The third kappa shape index (κ3) is 6.85. The number of fused-ring (bicyclic) bond motifs is 2. The Morgan fingerprint density at radius 2 is 1.04 bits per heavy atom. The fraction of sp³-hybridized carbons (Fsp3) is 0.364. The number of carbonyl (C=O) groups excluding carboxylic acids is 2. The normalized spacial score (nSPS) is 16.4. The van der Waals surface area contributed by atoms with E-state index >= 15 is 0 Å². The first-order valence-corrected chi connectivity index (χ1v) is 19.8. The lowest BCUT2D eigenvalue weighted by atomic mass is 9.95. The summed E-state index contributed by atoms with van der Waals surface area (Å²) in [7, 11) is 0. The lowest BCUT2D eigenvalue weighted by Gasteiger charge is -2.24. The van der Waals surface area contributed by atoms with E-state index in [1.54, 1.807) is 22.7 Å². The smallest absolute Gasteiger partial charge is 0.259 e. The van der Waals surface area contributed by atoms with E-state index in [0.29, 0.717) is 36.1 Å². The molecule has 6 rings (SSSR count). The van der Waals surface area contributed by atoms with E-state index in [1.165, 1.54) is 0 Å². The van der Waals surface area contributed by atoms with Gasteiger partial charge in [-0.1, -0.05) is 102 Å². The van der Waals surface area contributed by atoms with E-state index in [2.05, 4.69) is 63.8 Å². The Balaban J connectivity index is 1.51. The number of hydrogen-bond donors (Lipinski definition) is 0. The summed E-state index contributed by atoms with van der Waals surface area (Å²) in [5, 5.41) is 0. The number of thiophene rings is 2. The summed E-state index contributed by atoms with van der Waals surface area (Å²) in [6.07, 6.45) is 20.0. The zero-order valence-corrected chi connectivity index (χ0v) is 31.3. The second-order valence-corrected chi connectivity index (χ2v) is 15.7. The summed E-state index contributed by atoms with van der Waals surface area (Å²) in [6, 6.07) is 20.5. The molecule has 50 heavy (non-hydrogen) atoms. The van der Waals surface area contributed by atoms with Crippen molar-refractivity contribution in [1.29, 1.82) is 0 Å². The highest BCUT2D eigenvalue weighted by molar-refractivity contribution is 7.16. The Bertz CT molecular complexity index is 1870. The molecule has 0 saturated heterocycles. The highest BCUT2D eigenvalue weighted by atomic mass is 32.1. The number of anilines is 2. The first-order valence-electron chi connectivity index (χ1n) is 18.2. The molecule has 2 aromatic carbocycles. The van der Waals surface area contributed by atoms with Gasteiger partial charge in [-0.2, -0.15) is 0 Å². The van der Waals surface area contributed by atoms with Crippen molar-refractivity contribution in [2.75, 3.05) is 22.9 Å². The van der Waals surface area contributed by atoms with Crippen LogP contribution in [0.5, 0.6) is 0 Å². The van der Waals surface area contributed by atoms with Crippen molar-refractivity contribution in [3.8, 4) is 45.6 Å². The monoisotopic (exact) mass is 698 g/mol. The highest BCUT2D eigenvalue weighted by Gasteiger charge is 2.43. The van der Waals surface area contributed by atoms with Crippen LogP contribution in [0.15, 0.2) is 60.7 Å². The molecular formula is C44H46N2O2S2. The van der Waals surface area contributed by atoms with Crippen LogP contribution < -0.4 is 9.80 Å². The standard InChI is InChI=1S/C44H46N2O2S2/c1-7-13-15-29(9-3)27-45-37-25-31(39-23-19-33(11-5)49-39)17-21-35(37)41(43(45)47)42-36-22-18-32(40-24-20-34(12-6)50-40)26-38(36)46(44(42)48)28-30(10-4)16-14-8-2/h5-6,17-26,29-30H,7-10,13-16,27-28H2,1-4H3/b42-41-. The fourth-order valence-electron chi connectivity index (χ4n) is 7.30. The second-order valence-electron chi connectivity index (χ2n) is 13.5. The summed E-state index contributed by atoms with van der Waals surface area (Å²) in [5.74, 6) is 6.05. The molecule has 2 atom stereocenters. The van der Waals surface area contributed by atoms with Gasteiger partial charge in [0.05, 0.1) is 32.3 Å². The summed E-state index contributed by atoms with van der Waals surface area (Å²) in [5.41, 5.74) is 6.48. The van der Waals surface area contributed by atoms with Gasteiger partial charge in [0.25, 0.3) is 11.8 Å². The van der Waals surface area contributed by atoms with Gasteiger partial charge in [0.2, 0.25) is 0 Å². The molecule has 2 unspecified atom stereocenters. The molecular weight excluding hydrogens is 653 g/mol. The molecule has 4 heterocycles. The number of rotatable bonds is 14. The molecule has 0 fully saturated rings. The van der Waals surface area contributed by atoms with Crippen molar-refractivity contribution in [2.24, 2.45) is 11.8 Å². The van der Waals surface area contributed by atoms with Crippen LogP contribution >= 0.6 is 22.7 Å². The number of carbonyl (C=O) groups is 2. The van der Waals surface area contributed by atoms with Crippen molar-refractivity contribution in [3.05, 3.63) is 81.5 Å². The van der Waals surface area contributed by atoms with E-state index in [-0.39, 0.29) is 11.8 Å². The lowest BCUT2D eigenvalue weighted by molar-refractivity contribution is -0.114. The van der Waals surface area contributed by atoms with Crippen molar-refractivity contribution >= 4 is 57.0 Å². The molecule has 4 aromatic rings. The first-order chi connectivity index (χ1) is 24.3. The molecule has 256 valence electrons. The van der Waals surface area contributed by atoms with E-state index in [1.807, 2.05) is 46.2 Å². The lowest BCUT2D eigenvalue weighted by Crippen LogP contribution is -2.34. The molecule has 0 radical (unpaired) electrons. The van der Waals surface area contributed by atoms with Gasteiger partial charge in [-0.3, -0.25) is 9.59 Å². The Labute approximate surface area is 306 Å². The van der Waals surface area contributed by atoms with Crippen LogP contribution in [0.1, 0.15) is 99.9 Å². The molecule has 0 bridgehead atoms. The molecule has 0 spiro atoms. The minimum Gasteiger partial charge on any atom is -0.307 e. The zero-order chi connectivity index (χ0) is 35.4. The molecule has 0 saturated carbocycles. The van der Waals surface area contributed by atoms with E-state index in [9.17, 15) is 9.59 Å². The van der Waals surface area contributed by atoms with Crippen LogP contribution in [0.4, 0.5) is 11.4 Å². The van der Waals surface area contributed by atoms with Crippen LogP contribution in [-0.4, -0.2) is 24.9 Å². The number of hydrogen-bond acceptors (Lipinski definition) is 4. The third-order valence-corrected chi connectivity index (χ3v) is 12.4. The van der Waals surface area contributed by atoms with Gasteiger partial charge in [0, 0.05) is 34.0 Å². The number of unbranched alkanes of at least 4 members (excludes halogenated alkanes) is 2. The quantitative estimate of drug-likeness (QED) is 0.0971. The number of benzene rings is 2. The zero-order valence-electron chi connectivity index (χ0n) is 29.7. The largest absolute Gasteiger partial charge is 0.307 e.